The van der Waals surface area contributed by atoms with Crippen molar-refractivity contribution in [1.82, 2.24) is 0 Å². The smallest absolute Gasteiger partial charge is 0.0849 e. The van der Waals surface area contributed by atoms with E-state index < -0.39 is 5.60 Å². The summed E-state index contributed by atoms with van der Waals surface area (Å²) < 4.78 is 5.50. The van der Waals surface area contributed by atoms with Gasteiger partial charge in [-0.15, -0.1) is 0 Å². The fourth-order valence-corrected chi connectivity index (χ4v) is 0.993. The van der Waals surface area contributed by atoms with Crippen LogP contribution in [0, 0.1) is 0 Å². The molecule has 0 spiro atoms. The minimum absolute atomic E-state index is 0.0749. The quantitative estimate of drug-likeness (QED) is 0.622. The van der Waals surface area contributed by atoms with Gasteiger partial charge in [-0.25, -0.2) is 0 Å². The van der Waals surface area contributed by atoms with Crippen LogP contribution in [0.25, 0.3) is 0 Å². The Balaban J connectivity index is 3.32. The number of hydrogen-bond acceptors (Lipinski definition) is 2. The molecule has 0 aromatic heterocycles. The first-order valence-electron chi connectivity index (χ1n) is 5.32. The lowest BCUT2D eigenvalue weighted by Gasteiger charge is -2.25. The summed E-state index contributed by atoms with van der Waals surface area (Å²) in [6.07, 6.45) is 4.79. The van der Waals surface area contributed by atoms with Gasteiger partial charge in [-0.05, 0) is 27.2 Å². The average molecular weight is 188 g/mol. The number of unbranched alkanes of at least 4 members (excludes halogenated alkanes) is 3. The lowest BCUT2D eigenvalue weighted by Crippen LogP contribution is -2.35. The van der Waals surface area contributed by atoms with Gasteiger partial charge in [0.05, 0.1) is 11.7 Å². The van der Waals surface area contributed by atoms with Gasteiger partial charge in [0, 0.05) is 6.61 Å². The summed E-state index contributed by atoms with van der Waals surface area (Å²) in [5, 5.41) is 9.56. The molecule has 0 fully saturated rings. The predicted molar refractivity (Wildman–Crippen MR) is 55.9 cm³/mol. The molecule has 0 aromatic rings. The first kappa shape index (κ1) is 12.9. The summed E-state index contributed by atoms with van der Waals surface area (Å²) in [6.45, 7) is 8.44. The van der Waals surface area contributed by atoms with Crippen molar-refractivity contribution in [3.63, 3.8) is 0 Å². The molecule has 0 amide bonds. The summed E-state index contributed by atoms with van der Waals surface area (Å²) in [4.78, 5) is 0. The van der Waals surface area contributed by atoms with E-state index in [1.54, 1.807) is 13.8 Å². The molecule has 0 rings (SSSR count). The van der Waals surface area contributed by atoms with Gasteiger partial charge in [0.1, 0.15) is 0 Å². The first-order chi connectivity index (χ1) is 5.98. The molecule has 0 radical (unpaired) electrons. The van der Waals surface area contributed by atoms with E-state index in [0.29, 0.717) is 0 Å². The SMILES string of the molecule is CCCCCCOC(C)C(C)(C)O. The van der Waals surface area contributed by atoms with Gasteiger partial charge in [-0.2, -0.15) is 0 Å². The third kappa shape index (κ3) is 7.03. The fourth-order valence-electron chi connectivity index (χ4n) is 0.993. The molecular formula is C11H24O2. The second-order valence-electron chi connectivity index (χ2n) is 4.23. The second kappa shape index (κ2) is 6.39. The average Bonchev–Trinajstić information content (AvgIpc) is 2.02. The van der Waals surface area contributed by atoms with Gasteiger partial charge in [-0.1, -0.05) is 26.2 Å². The number of ether oxygens (including phenoxy) is 1. The Bertz CT molecular complexity index is 116. The van der Waals surface area contributed by atoms with E-state index in [0.717, 1.165) is 13.0 Å². The zero-order valence-corrected chi connectivity index (χ0v) is 9.47. The van der Waals surface area contributed by atoms with Gasteiger partial charge in [0.2, 0.25) is 0 Å². The minimum Gasteiger partial charge on any atom is -0.388 e. The molecule has 0 saturated carbocycles. The molecule has 1 atom stereocenters. The standard InChI is InChI=1S/C11H24O2/c1-5-6-7-8-9-13-10(2)11(3,4)12/h10,12H,5-9H2,1-4H3. The van der Waals surface area contributed by atoms with Gasteiger partial charge in [0.15, 0.2) is 0 Å². The molecule has 0 heterocycles. The van der Waals surface area contributed by atoms with Crippen molar-refractivity contribution in [2.24, 2.45) is 0 Å². The van der Waals surface area contributed by atoms with Gasteiger partial charge in [0.25, 0.3) is 0 Å². The van der Waals surface area contributed by atoms with Gasteiger partial charge >= 0.3 is 0 Å². The Labute approximate surface area is 82.3 Å². The minimum atomic E-state index is -0.718. The Morgan fingerprint density at radius 3 is 2.31 bits per heavy atom. The molecule has 2 nitrogen and oxygen atoms in total. The first-order valence-corrected chi connectivity index (χ1v) is 5.32. The van der Waals surface area contributed by atoms with Crippen LogP contribution < -0.4 is 0 Å². The summed E-state index contributed by atoms with van der Waals surface area (Å²) in [6, 6.07) is 0. The van der Waals surface area contributed by atoms with Crippen LogP contribution in [0.1, 0.15) is 53.4 Å². The Kier molecular flexibility index (Phi) is 6.35. The maximum absolute atomic E-state index is 9.56. The third-order valence-corrected chi connectivity index (χ3v) is 2.36. The van der Waals surface area contributed by atoms with Crippen LogP contribution in [0.5, 0.6) is 0 Å². The lowest BCUT2D eigenvalue weighted by atomic mass is 10.0. The Hall–Kier alpha value is -0.0800. The summed E-state index contributed by atoms with van der Waals surface area (Å²) >= 11 is 0. The van der Waals surface area contributed by atoms with Crippen LogP contribution in [0.4, 0.5) is 0 Å². The van der Waals surface area contributed by atoms with Crippen LogP contribution in [-0.4, -0.2) is 23.4 Å². The third-order valence-electron chi connectivity index (χ3n) is 2.36. The molecule has 1 N–H and O–H groups in total. The highest BCUT2D eigenvalue weighted by molar-refractivity contribution is 4.73. The zero-order chi connectivity index (χ0) is 10.3. The van der Waals surface area contributed by atoms with Crippen LogP contribution >= 0.6 is 0 Å². The number of hydrogen-bond donors (Lipinski definition) is 1. The highest BCUT2D eigenvalue weighted by atomic mass is 16.5. The van der Waals surface area contributed by atoms with E-state index in [2.05, 4.69) is 6.92 Å². The van der Waals surface area contributed by atoms with Crippen molar-refractivity contribution in [3.8, 4) is 0 Å². The van der Waals surface area contributed by atoms with Gasteiger partial charge < -0.3 is 9.84 Å². The fraction of sp³-hybridized carbons (Fsp3) is 1.00. The zero-order valence-electron chi connectivity index (χ0n) is 9.47. The summed E-state index contributed by atoms with van der Waals surface area (Å²) in [7, 11) is 0. The maximum atomic E-state index is 9.56. The van der Waals surface area contributed by atoms with Crippen LogP contribution in [0.3, 0.4) is 0 Å². The van der Waals surface area contributed by atoms with E-state index >= 15 is 0 Å². The number of rotatable bonds is 7. The molecule has 2 heteroatoms. The van der Waals surface area contributed by atoms with Gasteiger partial charge in [-0.3, -0.25) is 0 Å². The summed E-state index contributed by atoms with van der Waals surface area (Å²) in [5.74, 6) is 0. The summed E-state index contributed by atoms with van der Waals surface area (Å²) in [5.41, 5.74) is -0.718. The highest BCUT2D eigenvalue weighted by Crippen LogP contribution is 2.12. The number of aliphatic hydroxyl groups is 1. The monoisotopic (exact) mass is 188 g/mol. The van der Waals surface area contributed by atoms with E-state index in [-0.39, 0.29) is 6.10 Å². The van der Waals surface area contributed by atoms with Crippen molar-refractivity contribution in [2.45, 2.75) is 65.1 Å². The molecular weight excluding hydrogens is 164 g/mol. The maximum Gasteiger partial charge on any atom is 0.0849 e. The predicted octanol–water partition coefficient (Wildman–Crippen LogP) is 2.74. The molecule has 0 aliphatic carbocycles. The van der Waals surface area contributed by atoms with Crippen LogP contribution in [0.15, 0.2) is 0 Å². The largest absolute Gasteiger partial charge is 0.388 e. The highest BCUT2D eigenvalue weighted by Gasteiger charge is 2.22. The van der Waals surface area contributed by atoms with Crippen LogP contribution in [-0.2, 0) is 4.74 Å². The van der Waals surface area contributed by atoms with Crippen LogP contribution in [0.2, 0.25) is 0 Å². The van der Waals surface area contributed by atoms with Crippen molar-refractivity contribution >= 4 is 0 Å². The van der Waals surface area contributed by atoms with Crippen molar-refractivity contribution in [3.05, 3.63) is 0 Å². The molecule has 0 aliphatic rings. The molecule has 0 aliphatic heterocycles. The molecule has 0 aromatic carbocycles. The normalized spacial score (nSPS) is 14.5. The van der Waals surface area contributed by atoms with Crippen molar-refractivity contribution < 1.29 is 9.84 Å². The van der Waals surface area contributed by atoms with E-state index in [4.69, 9.17) is 4.74 Å². The molecule has 13 heavy (non-hydrogen) atoms. The van der Waals surface area contributed by atoms with E-state index in [9.17, 15) is 5.11 Å². The van der Waals surface area contributed by atoms with E-state index in [1.165, 1.54) is 19.3 Å². The topological polar surface area (TPSA) is 29.5 Å². The lowest BCUT2D eigenvalue weighted by molar-refractivity contribution is -0.0791. The second-order valence-corrected chi connectivity index (χ2v) is 4.23. The molecule has 1 unspecified atom stereocenters. The van der Waals surface area contributed by atoms with Crippen molar-refractivity contribution in [1.29, 1.82) is 0 Å². The van der Waals surface area contributed by atoms with E-state index in [1.807, 2.05) is 6.92 Å². The molecule has 80 valence electrons. The molecule has 0 saturated heterocycles. The Morgan fingerprint density at radius 1 is 1.23 bits per heavy atom. The Morgan fingerprint density at radius 2 is 1.85 bits per heavy atom. The molecule has 0 bridgehead atoms. The van der Waals surface area contributed by atoms with Crippen molar-refractivity contribution in [2.75, 3.05) is 6.61 Å².